The first-order chi connectivity index (χ1) is 15.8. The molecule has 4 aromatic carbocycles. The fourth-order valence-electron chi connectivity index (χ4n) is 3.58. The second-order valence-corrected chi connectivity index (χ2v) is 8.27. The summed E-state index contributed by atoms with van der Waals surface area (Å²) in [6.45, 7) is 0.512. The third-order valence-electron chi connectivity index (χ3n) is 5.27. The van der Waals surface area contributed by atoms with Gasteiger partial charge >= 0.3 is 0 Å². The Balaban J connectivity index is 1.49. The van der Waals surface area contributed by atoms with E-state index in [0.717, 1.165) is 45.1 Å². The third-order valence-corrected chi connectivity index (χ3v) is 6.21. The molecule has 0 atom stereocenters. The van der Waals surface area contributed by atoms with Gasteiger partial charge in [0.1, 0.15) is 29.6 Å². The Morgan fingerprint density at radius 1 is 0.719 bits per heavy atom. The molecule has 0 radical (unpaired) electrons. The van der Waals surface area contributed by atoms with Gasteiger partial charge in [0.25, 0.3) is 0 Å². The molecule has 1 heterocycles. The highest BCUT2D eigenvalue weighted by molar-refractivity contribution is 7.17. The summed E-state index contributed by atoms with van der Waals surface area (Å²) in [4.78, 5) is 0. The number of ether oxygens (including phenoxy) is 3. The minimum atomic E-state index is 0.512. The lowest BCUT2D eigenvalue weighted by Gasteiger charge is -2.14. The van der Waals surface area contributed by atoms with Gasteiger partial charge in [-0.2, -0.15) is 0 Å². The Morgan fingerprint density at radius 2 is 1.47 bits per heavy atom. The van der Waals surface area contributed by atoms with E-state index in [1.807, 2.05) is 72.8 Å². The molecule has 1 aromatic heterocycles. The molecule has 0 amide bonds. The van der Waals surface area contributed by atoms with Crippen molar-refractivity contribution in [3.63, 3.8) is 0 Å². The SMILES string of the molecule is COc1ccc(-c2cc(OCc3ccccc3)ccc2Oc2csc3ccccc23)cc1. The Bertz CT molecular complexity index is 1320. The molecular formula is C28H22O3S. The van der Waals surface area contributed by atoms with E-state index in [1.165, 1.54) is 4.70 Å². The summed E-state index contributed by atoms with van der Waals surface area (Å²) in [5.41, 5.74) is 3.13. The smallest absolute Gasteiger partial charge is 0.145 e. The summed E-state index contributed by atoms with van der Waals surface area (Å²) in [6.07, 6.45) is 0. The van der Waals surface area contributed by atoms with Gasteiger partial charge in [-0.3, -0.25) is 0 Å². The molecule has 0 N–H and O–H groups in total. The normalized spacial score (nSPS) is 10.8. The monoisotopic (exact) mass is 438 g/mol. The summed E-state index contributed by atoms with van der Waals surface area (Å²) in [5.74, 6) is 3.25. The summed E-state index contributed by atoms with van der Waals surface area (Å²) in [6, 6.07) is 32.4. The first-order valence-corrected chi connectivity index (χ1v) is 11.3. The lowest BCUT2D eigenvalue weighted by atomic mass is 10.0. The number of hydrogen-bond donors (Lipinski definition) is 0. The van der Waals surface area contributed by atoms with Crippen molar-refractivity contribution < 1.29 is 14.2 Å². The average Bonchev–Trinajstić information content (AvgIpc) is 3.27. The van der Waals surface area contributed by atoms with Crippen LogP contribution in [-0.2, 0) is 6.61 Å². The highest BCUT2D eigenvalue weighted by Gasteiger charge is 2.13. The quantitative estimate of drug-likeness (QED) is 0.258. The van der Waals surface area contributed by atoms with Gasteiger partial charge in [0, 0.05) is 21.0 Å². The van der Waals surface area contributed by atoms with Crippen LogP contribution in [0.15, 0.2) is 102 Å². The van der Waals surface area contributed by atoms with Crippen molar-refractivity contribution >= 4 is 21.4 Å². The molecule has 0 aliphatic carbocycles. The van der Waals surface area contributed by atoms with Crippen LogP contribution in [-0.4, -0.2) is 7.11 Å². The van der Waals surface area contributed by atoms with Crippen LogP contribution in [0.4, 0.5) is 0 Å². The van der Waals surface area contributed by atoms with Crippen molar-refractivity contribution in [2.24, 2.45) is 0 Å². The molecule has 0 bridgehead atoms. The molecule has 0 aliphatic heterocycles. The van der Waals surface area contributed by atoms with Crippen LogP contribution in [0.2, 0.25) is 0 Å². The maximum Gasteiger partial charge on any atom is 0.145 e. The van der Waals surface area contributed by atoms with E-state index >= 15 is 0 Å². The molecule has 0 saturated carbocycles. The number of methoxy groups -OCH3 is 1. The fourth-order valence-corrected chi connectivity index (χ4v) is 4.44. The van der Waals surface area contributed by atoms with Gasteiger partial charge in [-0.1, -0.05) is 54.6 Å². The molecule has 4 heteroatoms. The number of thiophene rings is 1. The van der Waals surface area contributed by atoms with Gasteiger partial charge in [-0.15, -0.1) is 11.3 Å². The van der Waals surface area contributed by atoms with Crippen molar-refractivity contribution in [1.82, 2.24) is 0 Å². The lowest BCUT2D eigenvalue weighted by molar-refractivity contribution is 0.306. The van der Waals surface area contributed by atoms with Crippen LogP contribution < -0.4 is 14.2 Å². The molecule has 0 saturated heterocycles. The first-order valence-electron chi connectivity index (χ1n) is 10.4. The largest absolute Gasteiger partial charge is 0.497 e. The van der Waals surface area contributed by atoms with Gasteiger partial charge in [0.15, 0.2) is 0 Å². The molecule has 0 fully saturated rings. The van der Waals surface area contributed by atoms with Crippen molar-refractivity contribution in [2.75, 3.05) is 7.11 Å². The molecule has 3 nitrogen and oxygen atoms in total. The van der Waals surface area contributed by atoms with Crippen LogP contribution in [0.1, 0.15) is 5.56 Å². The van der Waals surface area contributed by atoms with E-state index < -0.39 is 0 Å². The van der Waals surface area contributed by atoms with Crippen LogP contribution >= 0.6 is 11.3 Å². The summed E-state index contributed by atoms with van der Waals surface area (Å²) >= 11 is 1.68. The van der Waals surface area contributed by atoms with Gasteiger partial charge < -0.3 is 14.2 Å². The summed E-state index contributed by atoms with van der Waals surface area (Å²) in [5, 5.41) is 3.17. The van der Waals surface area contributed by atoms with E-state index in [9.17, 15) is 0 Å². The zero-order chi connectivity index (χ0) is 21.8. The minimum absolute atomic E-state index is 0.512. The summed E-state index contributed by atoms with van der Waals surface area (Å²) in [7, 11) is 1.67. The average molecular weight is 439 g/mol. The fraction of sp³-hybridized carbons (Fsp3) is 0.0714. The Morgan fingerprint density at radius 3 is 2.28 bits per heavy atom. The Hall–Kier alpha value is -3.76. The van der Waals surface area contributed by atoms with E-state index in [4.69, 9.17) is 14.2 Å². The maximum absolute atomic E-state index is 6.42. The number of benzene rings is 4. The number of rotatable bonds is 7. The van der Waals surface area contributed by atoms with E-state index in [2.05, 4.69) is 29.6 Å². The Labute approximate surface area is 191 Å². The molecule has 32 heavy (non-hydrogen) atoms. The van der Waals surface area contributed by atoms with Gasteiger partial charge in [0.05, 0.1) is 7.11 Å². The third kappa shape index (κ3) is 4.32. The highest BCUT2D eigenvalue weighted by Crippen LogP contribution is 2.40. The lowest BCUT2D eigenvalue weighted by Crippen LogP contribution is -1.96. The standard InChI is InChI=1S/C28H22O3S/c1-29-22-13-11-21(12-14-22)25-17-23(30-18-20-7-3-2-4-8-20)15-16-26(25)31-27-19-32-28-10-6-5-9-24(27)28/h2-17,19H,18H2,1H3. The predicted molar refractivity (Wildman–Crippen MR) is 131 cm³/mol. The topological polar surface area (TPSA) is 27.7 Å². The highest BCUT2D eigenvalue weighted by atomic mass is 32.1. The first kappa shape index (κ1) is 20.2. The van der Waals surface area contributed by atoms with Crippen molar-refractivity contribution in [3.8, 4) is 34.1 Å². The zero-order valence-electron chi connectivity index (χ0n) is 17.7. The molecule has 0 aliphatic rings. The van der Waals surface area contributed by atoms with Crippen molar-refractivity contribution in [3.05, 3.63) is 108 Å². The number of fused-ring (bicyclic) bond motifs is 1. The van der Waals surface area contributed by atoms with Crippen LogP contribution in [0.25, 0.3) is 21.2 Å². The van der Waals surface area contributed by atoms with Crippen LogP contribution in [0.5, 0.6) is 23.0 Å². The van der Waals surface area contributed by atoms with Gasteiger partial charge in [0.2, 0.25) is 0 Å². The van der Waals surface area contributed by atoms with Crippen LogP contribution in [0.3, 0.4) is 0 Å². The van der Waals surface area contributed by atoms with E-state index in [0.29, 0.717) is 6.61 Å². The summed E-state index contributed by atoms with van der Waals surface area (Å²) < 4.78 is 19.0. The number of hydrogen-bond acceptors (Lipinski definition) is 4. The molecule has 5 rings (SSSR count). The van der Waals surface area contributed by atoms with Crippen molar-refractivity contribution in [2.45, 2.75) is 6.61 Å². The van der Waals surface area contributed by atoms with E-state index in [1.54, 1.807) is 18.4 Å². The minimum Gasteiger partial charge on any atom is -0.497 e. The second kappa shape index (κ2) is 9.16. The second-order valence-electron chi connectivity index (χ2n) is 7.36. The van der Waals surface area contributed by atoms with Gasteiger partial charge in [-0.05, 0) is 53.6 Å². The molecule has 5 aromatic rings. The molecule has 0 spiro atoms. The molecule has 0 unspecified atom stereocenters. The Kier molecular flexibility index (Phi) is 5.77. The van der Waals surface area contributed by atoms with Crippen molar-refractivity contribution in [1.29, 1.82) is 0 Å². The van der Waals surface area contributed by atoms with Crippen LogP contribution in [0, 0.1) is 0 Å². The predicted octanol–water partition coefficient (Wildman–Crippen LogP) is 7.95. The van der Waals surface area contributed by atoms with Gasteiger partial charge in [-0.25, -0.2) is 0 Å². The molecule has 158 valence electrons. The maximum atomic E-state index is 6.42. The zero-order valence-corrected chi connectivity index (χ0v) is 18.5. The molecular weight excluding hydrogens is 416 g/mol. The van der Waals surface area contributed by atoms with E-state index in [-0.39, 0.29) is 0 Å².